The van der Waals surface area contributed by atoms with Crippen LogP contribution in [0.2, 0.25) is 0 Å². The zero-order chi connectivity index (χ0) is 4.57. The van der Waals surface area contributed by atoms with Gasteiger partial charge in [-0.3, -0.25) is 0 Å². The molecule has 0 aliphatic heterocycles. The summed E-state index contributed by atoms with van der Waals surface area (Å²) in [5.74, 6) is 0.829. The third-order valence-electron chi connectivity index (χ3n) is 1.27. The van der Waals surface area contributed by atoms with Crippen LogP contribution >= 0.6 is 0 Å². The van der Waals surface area contributed by atoms with E-state index < -0.39 is 0 Å². The van der Waals surface area contributed by atoms with Crippen molar-refractivity contribution < 1.29 is 32.7 Å². The van der Waals surface area contributed by atoms with Gasteiger partial charge in [0, 0.05) is 32.7 Å². The fourth-order valence-electron chi connectivity index (χ4n) is 0.622. The van der Waals surface area contributed by atoms with Gasteiger partial charge in [0.05, 0.1) is 0 Å². The Labute approximate surface area is 70.1 Å². The van der Waals surface area contributed by atoms with Crippen LogP contribution < -0.4 is 5.32 Å². The first-order chi connectivity index (χ1) is 2.84. The summed E-state index contributed by atoms with van der Waals surface area (Å²) in [6, 6.07) is 0.727. The van der Waals surface area contributed by atoms with Crippen LogP contribution in [0.3, 0.4) is 0 Å². The first-order valence-corrected chi connectivity index (χ1v) is 2.37. The molecule has 0 unspecified atom stereocenters. The van der Waals surface area contributed by atoms with E-state index in [4.69, 9.17) is 0 Å². The molecule has 39 valence electrons. The first-order valence-electron chi connectivity index (χ1n) is 2.37. The van der Waals surface area contributed by atoms with Crippen LogP contribution in [0.4, 0.5) is 0 Å². The molecule has 1 nitrogen and oxygen atoms in total. The van der Waals surface area contributed by atoms with E-state index in [1.165, 1.54) is 0 Å². The van der Waals surface area contributed by atoms with Crippen LogP contribution in [0.5, 0.6) is 0 Å². The summed E-state index contributed by atoms with van der Waals surface area (Å²) >= 11 is 0. The van der Waals surface area contributed by atoms with E-state index >= 15 is 0 Å². The van der Waals surface area contributed by atoms with Gasteiger partial charge in [-0.05, 0) is 7.05 Å². The van der Waals surface area contributed by atoms with Crippen molar-refractivity contribution in [2.45, 2.75) is 13.0 Å². The Morgan fingerprint density at radius 3 is 2.00 bits per heavy atom. The average molecular weight is 173 g/mol. The van der Waals surface area contributed by atoms with Crippen LogP contribution in [-0.4, -0.2) is 13.1 Å². The van der Waals surface area contributed by atoms with E-state index in [-0.39, 0.29) is 32.7 Å². The van der Waals surface area contributed by atoms with Gasteiger partial charge < -0.3 is 11.7 Å². The van der Waals surface area contributed by atoms with Crippen molar-refractivity contribution in [3.63, 3.8) is 0 Å². The van der Waals surface area contributed by atoms with Crippen LogP contribution in [0, 0.1) is 12.3 Å². The molecule has 0 heterocycles. The van der Waals surface area contributed by atoms with Crippen molar-refractivity contribution in [2.24, 2.45) is 5.92 Å². The van der Waals surface area contributed by atoms with Gasteiger partial charge in [-0.25, -0.2) is 0 Å². The summed E-state index contributed by atoms with van der Waals surface area (Å²) in [4.78, 5) is 0. The molecule has 7 heavy (non-hydrogen) atoms. The summed E-state index contributed by atoms with van der Waals surface area (Å²) < 4.78 is 0. The molecule has 0 saturated heterocycles. The van der Waals surface area contributed by atoms with E-state index in [0.717, 1.165) is 12.0 Å². The van der Waals surface area contributed by atoms with Crippen LogP contribution in [0.15, 0.2) is 0 Å². The molecule has 0 aromatic heterocycles. The fraction of sp³-hybridized carbons (Fsp3) is 0.800. The molecule has 0 amide bonds. The molecule has 1 saturated carbocycles. The van der Waals surface area contributed by atoms with Crippen molar-refractivity contribution in [3.05, 3.63) is 6.42 Å². The maximum absolute atomic E-state index is 3.13. The average Bonchev–Trinajstić information content (AvgIpc) is 2.19. The predicted octanol–water partition coefficient (Wildman–Crippen LogP) is 0.426. The Morgan fingerprint density at radius 2 is 2.00 bits per heavy atom. The minimum atomic E-state index is 0. The topological polar surface area (TPSA) is 12.0 Å². The van der Waals surface area contributed by atoms with Crippen molar-refractivity contribution in [3.8, 4) is 0 Å². The number of rotatable bonds is 1. The molecular weight excluding hydrogens is 163 g/mol. The Morgan fingerprint density at radius 1 is 1.57 bits per heavy atom. The molecule has 0 aromatic rings. The quantitative estimate of drug-likeness (QED) is 0.567. The third-order valence-corrected chi connectivity index (χ3v) is 1.27. The molecule has 0 aromatic carbocycles. The zero-order valence-corrected chi connectivity index (χ0v) is 7.65. The molecule has 0 spiro atoms. The Bertz CT molecular complexity index is 54.0. The van der Waals surface area contributed by atoms with E-state index in [1.54, 1.807) is 0 Å². The Balaban J connectivity index is 0.000000360. The van der Waals surface area contributed by atoms with E-state index in [9.17, 15) is 0 Å². The number of hydrogen-bond acceptors (Lipinski definition) is 1. The first kappa shape index (κ1) is 8.06. The van der Waals surface area contributed by atoms with E-state index in [1.807, 2.05) is 7.05 Å². The molecule has 1 rings (SSSR count). The molecule has 1 radical (unpaired) electrons. The van der Waals surface area contributed by atoms with Crippen molar-refractivity contribution in [1.29, 1.82) is 0 Å². The zero-order valence-electron chi connectivity index (χ0n) is 4.81. The second-order valence-corrected chi connectivity index (χ2v) is 1.87. The van der Waals surface area contributed by atoms with Crippen LogP contribution in [0.1, 0.15) is 6.92 Å². The molecule has 1 aliphatic carbocycles. The second-order valence-electron chi connectivity index (χ2n) is 1.87. The fourth-order valence-corrected chi connectivity index (χ4v) is 0.622. The van der Waals surface area contributed by atoms with Gasteiger partial charge >= 0.3 is 0 Å². The van der Waals surface area contributed by atoms with Gasteiger partial charge in [-0.15, -0.1) is 6.04 Å². The summed E-state index contributed by atoms with van der Waals surface area (Å²) in [7, 11) is 1.99. The molecule has 1 fully saturated rings. The summed E-state index contributed by atoms with van der Waals surface area (Å²) in [5, 5.41) is 3.13. The monoisotopic (exact) mass is 173 g/mol. The minimum Gasteiger partial charge on any atom is -0.348 e. The maximum atomic E-state index is 3.13. The molecule has 2 atom stereocenters. The van der Waals surface area contributed by atoms with Gasteiger partial charge in [0.2, 0.25) is 0 Å². The molecular formula is C5H10NY-. The van der Waals surface area contributed by atoms with Crippen LogP contribution in [-0.2, 0) is 32.7 Å². The minimum absolute atomic E-state index is 0. The Hall–Kier alpha value is 1.06. The molecule has 0 bridgehead atoms. The van der Waals surface area contributed by atoms with E-state index in [2.05, 4.69) is 18.7 Å². The van der Waals surface area contributed by atoms with Crippen LogP contribution in [0.25, 0.3) is 0 Å². The van der Waals surface area contributed by atoms with Gasteiger partial charge in [-0.2, -0.15) is 5.92 Å². The van der Waals surface area contributed by atoms with Crippen molar-refractivity contribution in [2.75, 3.05) is 7.05 Å². The number of hydrogen-bond donors (Lipinski definition) is 1. The van der Waals surface area contributed by atoms with E-state index in [0.29, 0.717) is 0 Å². The predicted molar refractivity (Wildman–Crippen MR) is 26.3 cm³/mol. The SMILES string of the molecule is CN[C@@H]1[CH-][C@@H]1C.[Y]. The second kappa shape index (κ2) is 3.16. The molecule has 2 heteroatoms. The summed E-state index contributed by atoms with van der Waals surface area (Å²) in [6.07, 6.45) is 2.28. The normalized spacial score (nSPS) is 36.9. The Kier molecular flexibility index (Phi) is 3.64. The summed E-state index contributed by atoms with van der Waals surface area (Å²) in [5.41, 5.74) is 0. The van der Waals surface area contributed by atoms with Gasteiger partial charge in [0.1, 0.15) is 0 Å². The standard InChI is InChI=1S/C5H10N.Y/c1-4-3-5(4)6-2;/h3-6H,1-2H3;/q-1;/t4-,5+;/m0./s1. The number of nitrogens with one attached hydrogen (secondary N) is 1. The molecule has 1 aliphatic rings. The van der Waals surface area contributed by atoms with Crippen molar-refractivity contribution >= 4 is 0 Å². The largest absolute Gasteiger partial charge is 0.348 e. The summed E-state index contributed by atoms with van der Waals surface area (Å²) in [6.45, 7) is 2.21. The third kappa shape index (κ3) is 2.20. The smallest absolute Gasteiger partial charge is 0 e. The van der Waals surface area contributed by atoms with Gasteiger partial charge in [-0.1, -0.05) is 6.92 Å². The van der Waals surface area contributed by atoms with Crippen molar-refractivity contribution in [1.82, 2.24) is 5.32 Å². The maximum Gasteiger partial charge on any atom is 0 e. The molecule has 1 N–H and O–H groups in total. The van der Waals surface area contributed by atoms with Gasteiger partial charge in [0.15, 0.2) is 0 Å². The van der Waals surface area contributed by atoms with Gasteiger partial charge in [0.25, 0.3) is 0 Å².